The number of fused-ring (bicyclic) bond motifs is 1. The number of nitrogens with two attached hydrogens (primary N) is 1. The van der Waals surface area contributed by atoms with E-state index in [9.17, 15) is 0 Å². The lowest BCUT2D eigenvalue weighted by Crippen LogP contribution is -2.41. The van der Waals surface area contributed by atoms with Gasteiger partial charge in [-0.3, -0.25) is 0 Å². The predicted molar refractivity (Wildman–Crippen MR) is 112 cm³/mol. The van der Waals surface area contributed by atoms with Crippen LogP contribution in [-0.2, 0) is 9.31 Å². The molecule has 144 valence electrons. The molecule has 1 aliphatic heterocycles. The molecule has 0 bridgehead atoms. The van der Waals surface area contributed by atoms with Crippen molar-refractivity contribution in [2.75, 3.05) is 12.8 Å². The lowest BCUT2D eigenvalue weighted by atomic mass is 9.77. The third-order valence-electron chi connectivity index (χ3n) is 5.73. The van der Waals surface area contributed by atoms with Crippen LogP contribution in [0.4, 0.5) is 5.69 Å². The van der Waals surface area contributed by atoms with E-state index in [0.717, 1.165) is 33.2 Å². The zero-order valence-corrected chi connectivity index (χ0v) is 16.8. The fraction of sp³-hybridized carbons (Fsp3) is 0.333. The summed E-state index contributed by atoms with van der Waals surface area (Å²) in [5, 5.41) is 9.03. The van der Waals surface area contributed by atoms with E-state index in [1.54, 1.807) is 13.3 Å². The van der Waals surface area contributed by atoms with Crippen molar-refractivity contribution >= 4 is 29.2 Å². The Bertz CT molecular complexity index is 1040. The zero-order valence-electron chi connectivity index (χ0n) is 16.8. The molecule has 0 spiro atoms. The van der Waals surface area contributed by atoms with Crippen LogP contribution in [0.5, 0.6) is 5.75 Å². The van der Waals surface area contributed by atoms with E-state index in [0.29, 0.717) is 5.69 Å². The van der Waals surface area contributed by atoms with Crippen molar-refractivity contribution < 1.29 is 14.0 Å². The first-order valence-corrected chi connectivity index (χ1v) is 9.27. The molecule has 6 nitrogen and oxygen atoms in total. The summed E-state index contributed by atoms with van der Waals surface area (Å²) in [6, 6.07) is 11.9. The summed E-state index contributed by atoms with van der Waals surface area (Å²) >= 11 is 0. The molecule has 1 aromatic heterocycles. The molecule has 4 rings (SSSR count). The van der Waals surface area contributed by atoms with Crippen molar-refractivity contribution in [3.63, 3.8) is 0 Å². The minimum atomic E-state index is -0.439. The van der Waals surface area contributed by atoms with Crippen LogP contribution in [0.2, 0.25) is 0 Å². The van der Waals surface area contributed by atoms with Crippen molar-refractivity contribution in [1.82, 2.24) is 10.2 Å². The lowest BCUT2D eigenvalue weighted by molar-refractivity contribution is 0.00578. The van der Waals surface area contributed by atoms with Crippen molar-refractivity contribution in [2.24, 2.45) is 0 Å². The van der Waals surface area contributed by atoms with Gasteiger partial charge in [0.25, 0.3) is 0 Å². The van der Waals surface area contributed by atoms with Gasteiger partial charge in [-0.2, -0.15) is 10.2 Å². The van der Waals surface area contributed by atoms with E-state index in [2.05, 4.69) is 10.2 Å². The Labute approximate surface area is 165 Å². The van der Waals surface area contributed by atoms with Gasteiger partial charge < -0.3 is 19.8 Å². The van der Waals surface area contributed by atoms with Gasteiger partial charge in [0.1, 0.15) is 5.75 Å². The normalized spacial score (nSPS) is 17.8. The average Bonchev–Trinajstić information content (AvgIpc) is 2.88. The molecule has 2 heterocycles. The molecule has 1 aliphatic rings. The molecule has 0 atom stereocenters. The quantitative estimate of drug-likeness (QED) is 0.707. The highest BCUT2D eigenvalue weighted by molar-refractivity contribution is 6.62. The van der Waals surface area contributed by atoms with Gasteiger partial charge in [0.05, 0.1) is 35.7 Å². The number of methoxy groups -OCH3 is 1. The second-order valence-electron chi connectivity index (χ2n) is 8.08. The Hall–Kier alpha value is -2.64. The number of hydrogen-bond acceptors (Lipinski definition) is 6. The Morgan fingerprint density at radius 3 is 2.39 bits per heavy atom. The molecule has 0 saturated carbocycles. The monoisotopic (exact) mass is 377 g/mol. The van der Waals surface area contributed by atoms with E-state index < -0.39 is 18.3 Å². The van der Waals surface area contributed by atoms with E-state index in [1.807, 2.05) is 64.1 Å². The van der Waals surface area contributed by atoms with Gasteiger partial charge >= 0.3 is 7.12 Å². The summed E-state index contributed by atoms with van der Waals surface area (Å²) < 4.78 is 18.0. The SMILES string of the molecule is COc1ccc(B2OC(C)(C)C(C)(C)O2)cc1-c1ccc2c(N)cnnc2c1. The van der Waals surface area contributed by atoms with Crippen molar-refractivity contribution in [3.05, 3.63) is 42.6 Å². The number of ether oxygens (including phenoxy) is 1. The molecule has 7 heteroatoms. The van der Waals surface area contributed by atoms with E-state index in [4.69, 9.17) is 19.8 Å². The molecule has 28 heavy (non-hydrogen) atoms. The highest BCUT2D eigenvalue weighted by Crippen LogP contribution is 2.37. The summed E-state index contributed by atoms with van der Waals surface area (Å²) in [6.07, 6.45) is 1.56. The average molecular weight is 377 g/mol. The topological polar surface area (TPSA) is 79.5 Å². The number of nitrogen functional groups attached to an aromatic ring is 1. The van der Waals surface area contributed by atoms with Gasteiger partial charge in [-0.1, -0.05) is 18.2 Å². The van der Waals surface area contributed by atoms with Gasteiger partial charge in [-0.25, -0.2) is 0 Å². The molecule has 2 aromatic carbocycles. The Morgan fingerprint density at radius 1 is 1.00 bits per heavy atom. The molecule has 1 saturated heterocycles. The van der Waals surface area contributed by atoms with Crippen LogP contribution in [-0.4, -0.2) is 35.6 Å². The highest BCUT2D eigenvalue weighted by Gasteiger charge is 2.51. The summed E-state index contributed by atoms with van der Waals surface area (Å²) in [6.45, 7) is 8.18. The molecular formula is C21H24BN3O3. The molecule has 2 N–H and O–H groups in total. The maximum Gasteiger partial charge on any atom is 0.494 e. The number of hydrogen-bond donors (Lipinski definition) is 1. The fourth-order valence-corrected chi connectivity index (χ4v) is 3.33. The number of anilines is 1. The Balaban J connectivity index is 1.78. The van der Waals surface area contributed by atoms with Gasteiger partial charge in [0, 0.05) is 10.9 Å². The second kappa shape index (κ2) is 6.46. The maximum atomic E-state index is 6.20. The highest BCUT2D eigenvalue weighted by atomic mass is 16.7. The van der Waals surface area contributed by atoms with E-state index in [1.165, 1.54) is 0 Å². The van der Waals surface area contributed by atoms with Crippen LogP contribution in [0, 0.1) is 0 Å². The zero-order chi connectivity index (χ0) is 20.1. The maximum absolute atomic E-state index is 6.20. The van der Waals surface area contributed by atoms with E-state index >= 15 is 0 Å². The first kappa shape index (κ1) is 18.7. The lowest BCUT2D eigenvalue weighted by Gasteiger charge is -2.32. The standard InChI is InChI=1S/C21H24BN3O3/c1-20(2)21(3,4)28-22(27-20)14-7-9-19(26-5)16(11-14)13-6-8-15-17(23)12-24-25-18(15)10-13/h6-12H,1-5H3,(H2,23,25). The summed E-state index contributed by atoms with van der Waals surface area (Å²) in [4.78, 5) is 0. The third kappa shape index (κ3) is 3.00. The van der Waals surface area contributed by atoms with Crippen LogP contribution in [0.25, 0.3) is 22.0 Å². The first-order chi connectivity index (χ1) is 13.2. The number of benzene rings is 2. The van der Waals surface area contributed by atoms with Crippen molar-refractivity contribution in [3.8, 4) is 16.9 Å². The summed E-state index contributed by atoms with van der Waals surface area (Å²) in [7, 11) is 1.22. The smallest absolute Gasteiger partial charge is 0.494 e. The van der Waals surface area contributed by atoms with Crippen LogP contribution in [0.15, 0.2) is 42.6 Å². The number of nitrogens with zero attached hydrogens (tertiary/aromatic N) is 2. The second-order valence-corrected chi connectivity index (χ2v) is 8.08. The van der Waals surface area contributed by atoms with Gasteiger partial charge in [-0.15, -0.1) is 0 Å². The summed E-state index contributed by atoms with van der Waals surface area (Å²) in [5.41, 5.74) is 9.38. The van der Waals surface area contributed by atoms with Crippen LogP contribution >= 0.6 is 0 Å². The van der Waals surface area contributed by atoms with Crippen LogP contribution in [0.3, 0.4) is 0 Å². The van der Waals surface area contributed by atoms with Crippen molar-refractivity contribution in [1.29, 1.82) is 0 Å². The largest absolute Gasteiger partial charge is 0.496 e. The Morgan fingerprint density at radius 2 is 1.71 bits per heavy atom. The molecule has 3 aromatic rings. The Kier molecular flexibility index (Phi) is 4.32. The molecule has 0 unspecified atom stereocenters. The molecule has 0 amide bonds. The minimum Gasteiger partial charge on any atom is -0.496 e. The van der Waals surface area contributed by atoms with Crippen molar-refractivity contribution in [2.45, 2.75) is 38.9 Å². The summed E-state index contributed by atoms with van der Waals surface area (Å²) in [5.74, 6) is 0.761. The van der Waals surface area contributed by atoms with Gasteiger partial charge in [0.2, 0.25) is 0 Å². The minimum absolute atomic E-state index is 0.395. The van der Waals surface area contributed by atoms with E-state index in [-0.39, 0.29) is 0 Å². The third-order valence-corrected chi connectivity index (χ3v) is 5.73. The molecule has 0 radical (unpaired) electrons. The molecule has 0 aliphatic carbocycles. The first-order valence-electron chi connectivity index (χ1n) is 9.27. The fourth-order valence-electron chi connectivity index (χ4n) is 3.33. The molecule has 1 fully saturated rings. The van der Waals surface area contributed by atoms with Crippen LogP contribution < -0.4 is 15.9 Å². The number of rotatable bonds is 3. The van der Waals surface area contributed by atoms with Gasteiger partial charge in [-0.05, 0) is 56.9 Å². The van der Waals surface area contributed by atoms with Crippen LogP contribution in [0.1, 0.15) is 27.7 Å². The molecular weight excluding hydrogens is 353 g/mol. The number of aromatic nitrogens is 2. The predicted octanol–water partition coefficient (Wildman–Crippen LogP) is 3.19. The van der Waals surface area contributed by atoms with Gasteiger partial charge in [0.15, 0.2) is 0 Å².